The molecule has 1 rings (SSSR count). The fourth-order valence-electron chi connectivity index (χ4n) is 1.69. The van der Waals surface area contributed by atoms with Gasteiger partial charge in [0.2, 0.25) is 10.0 Å². The van der Waals surface area contributed by atoms with Crippen LogP contribution in [0.2, 0.25) is 0 Å². The predicted octanol–water partition coefficient (Wildman–Crippen LogP) is -0.139. The average Bonchev–Trinajstić information content (AvgIpc) is 2.43. The van der Waals surface area contributed by atoms with Crippen molar-refractivity contribution in [3.05, 3.63) is 0 Å². The largest absolute Gasteiger partial charge is 0.337 e. The number of nitrogens with zero attached hydrogens (tertiary/aromatic N) is 1. The predicted molar refractivity (Wildman–Crippen MR) is 61.4 cm³/mol. The number of carbonyl (C=O) groups is 1. The van der Waals surface area contributed by atoms with Crippen LogP contribution in [-0.4, -0.2) is 44.7 Å². The van der Waals surface area contributed by atoms with Crippen LogP contribution in [0.5, 0.6) is 0 Å². The Bertz CT molecular complexity index is 321. The second kappa shape index (κ2) is 6.05. The van der Waals surface area contributed by atoms with Crippen LogP contribution < -0.4 is 10.5 Å². The molecule has 1 saturated heterocycles. The molecule has 16 heavy (non-hydrogen) atoms. The van der Waals surface area contributed by atoms with Gasteiger partial charge in [-0.15, -0.1) is 0 Å². The summed E-state index contributed by atoms with van der Waals surface area (Å²) in [5, 5.41) is 7.40. The highest BCUT2D eigenvalue weighted by molar-refractivity contribution is 7.89. The van der Waals surface area contributed by atoms with Gasteiger partial charge < -0.3 is 10.2 Å². The van der Waals surface area contributed by atoms with Crippen LogP contribution in [0.15, 0.2) is 0 Å². The van der Waals surface area contributed by atoms with Crippen LogP contribution >= 0.6 is 0 Å². The first-order valence-electron chi connectivity index (χ1n) is 5.52. The van der Waals surface area contributed by atoms with E-state index in [1.165, 1.54) is 0 Å². The maximum Gasteiger partial charge on any atom is 0.317 e. The smallest absolute Gasteiger partial charge is 0.317 e. The summed E-state index contributed by atoms with van der Waals surface area (Å²) in [5.74, 6) is -0.216. The maximum absolute atomic E-state index is 11.6. The lowest BCUT2D eigenvalue weighted by molar-refractivity contribution is 0.200. The van der Waals surface area contributed by atoms with Gasteiger partial charge in [0.25, 0.3) is 0 Å². The molecular weight excluding hydrogens is 230 g/mol. The zero-order chi connectivity index (χ0) is 12.0. The SMILES string of the molecule is NS(=O)(=O)CCNC(=O)N1CCCCCC1. The number of urea groups is 1. The summed E-state index contributed by atoms with van der Waals surface area (Å²) in [6, 6.07) is -0.189. The molecule has 0 aromatic rings. The minimum absolute atomic E-state index is 0.0775. The van der Waals surface area contributed by atoms with E-state index in [9.17, 15) is 13.2 Å². The Morgan fingerprint density at radius 2 is 1.75 bits per heavy atom. The van der Waals surface area contributed by atoms with Crippen molar-refractivity contribution in [3.63, 3.8) is 0 Å². The van der Waals surface area contributed by atoms with E-state index in [4.69, 9.17) is 5.14 Å². The number of nitrogens with two attached hydrogens (primary N) is 1. The van der Waals surface area contributed by atoms with Crippen molar-refractivity contribution >= 4 is 16.1 Å². The molecule has 0 aromatic carbocycles. The van der Waals surface area contributed by atoms with Gasteiger partial charge in [0.05, 0.1) is 5.75 Å². The van der Waals surface area contributed by atoms with Crippen molar-refractivity contribution in [1.82, 2.24) is 10.2 Å². The standard InChI is InChI=1S/C9H19N3O3S/c10-16(14,15)8-5-11-9(13)12-6-3-1-2-4-7-12/h1-8H2,(H,11,13)(H2,10,14,15). The Morgan fingerprint density at radius 3 is 2.25 bits per heavy atom. The fourth-order valence-corrected chi connectivity index (χ4v) is 2.07. The normalized spacial score (nSPS) is 17.9. The van der Waals surface area contributed by atoms with Gasteiger partial charge in [-0.3, -0.25) is 0 Å². The van der Waals surface area contributed by atoms with E-state index < -0.39 is 10.0 Å². The maximum atomic E-state index is 11.6. The summed E-state index contributed by atoms with van der Waals surface area (Å²) < 4.78 is 21.3. The van der Waals surface area contributed by atoms with Crippen LogP contribution in [0, 0.1) is 0 Å². The Kier molecular flexibility index (Phi) is 5.01. The molecule has 0 saturated carbocycles. The first kappa shape index (κ1) is 13.2. The first-order chi connectivity index (χ1) is 7.49. The van der Waals surface area contributed by atoms with Gasteiger partial charge in [0.15, 0.2) is 0 Å². The van der Waals surface area contributed by atoms with E-state index in [1.54, 1.807) is 4.90 Å². The van der Waals surface area contributed by atoms with Gasteiger partial charge in [-0.2, -0.15) is 0 Å². The van der Waals surface area contributed by atoms with Gasteiger partial charge in [-0.1, -0.05) is 12.8 Å². The minimum atomic E-state index is -3.49. The van der Waals surface area contributed by atoms with Crippen molar-refractivity contribution in [1.29, 1.82) is 0 Å². The van der Waals surface area contributed by atoms with Crippen molar-refractivity contribution in [2.24, 2.45) is 5.14 Å². The number of hydrogen-bond acceptors (Lipinski definition) is 3. The van der Waals surface area contributed by atoms with E-state index in [2.05, 4.69) is 5.32 Å². The summed E-state index contributed by atoms with van der Waals surface area (Å²) in [5.41, 5.74) is 0. The summed E-state index contributed by atoms with van der Waals surface area (Å²) in [6.07, 6.45) is 4.34. The Hall–Kier alpha value is -0.820. The van der Waals surface area contributed by atoms with Crippen LogP contribution in [0.1, 0.15) is 25.7 Å². The average molecular weight is 249 g/mol. The minimum Gasteiger partial charge on any atom is -0.337 e. The Balaban J connectivity index is 2.28. The highest BCUT2D eigenvalue weighted by atomic mass is 32.2. The molecule has 2 amide bonds. The number of carbonyl (C=O) groups excluding carboxylic acids is 1. The lowest BCUT2D eigenvalue weighted by Gasteiger charge is -2.20. The molecule has 0 atom stereocenters. The molecule has 0 aromatic heterocycles. The quantitative estimate of drug-likeness (QED) is 0.729. The lowest BCUT2D eigenvalue weighted by atomic mass is 10.2. The summed E-state index contributed by atoms with van der Waals surface area (Å²) in [4.78, 5) is 13.3. The highest BCUT2D eigenvalue weighted by Gasteiger charge is 2.15. The molecule has 0 unspecified atom stereocenters. The molecule has 7 heteroatoms. The van der Waals surface area contributed by atoms with E-state index in [0.717, 1.165) is 38.8 Å². The third kappa shape index (κ3) is 5.32. The van der Waals surface area contributed by atoms with Crippen LogP contribution in [0.4, 0.5) is 4.79 Å². The molecule has 0 aliphatic carbocycles. The summed E-state index contributed by atoms with van der Waals surface area (Å²) >= 11 is 0. The van der Waals surface area contributed by atoms with E-state index in [-0.39, 0.29) is 18.3 Å². The molecule has 1 aliphatic heterocycles. The topological polar surface area (TPSA) is 92.5 Å². The van der Waals surface area contributed by atoms with Gasteiger partial charge >= 0.3 is 6.03 Å². The van der Waals surface area contributed by atoms with Crippen molar-refractivity contribution in [2.75, 3.05) is 25.4 Å². The number of amides is 2. The Morgan fingerprint density at radius 1 is 1.19 bits per heavy atom. The highest BCUT2D eigenvalue weighted by Crippen LogP contribution is 2.09. The zero-order valence-electron chi connectivity index (χ0n) is 9.31. The second-order valence-corrected chi connectivity index (χ2v) is 5.73. The van der Waals surface area contributed by atoms with Gasteiger partial charge in [-0.05, 0) is 12.8 Å². The molecule has 0 radical (unpaired) electrons. The second-order valence-electron chi connectivity index (χ2n) is 4.00. The molecule has 1 aliphatic rings. The van der Waals surface area contributed by atoms with Crippen molar-refractivity contribution in [2.45, 2.75) is 25.7 Å². The first-order valence-corrected chi connectivity index (χ1v) is 7.24. The third-order valence-electron chi connectivity index (χ3n) is 2.56. The Labute approximate surface area is 96.2 Å². The van der Waals surface area contributed by atoms with Crippen molar-refractivity contribution in [3.8, 4) is 0 Å². The zero-order valence-corrected chi connectivity index (χ0v) is 10.1. The van der Waals surface area contributed by atoms with E-state index in [0.29, 0.717) is 0 Å². The molecular formula is C9H19N3O3S. The molecule has 6 nitrogen and oxygen atoms in total. The van der Waals surface area contributed by atoms with Crippen LogP contribution in [-0.2, 0) is 10.0 Å². The molecule has 94 valence electrons. The van der Waals surface area contributed by atoms with Gasteiger partial charge in [0, 0.05) is 19.6 Å². The number of primary sulfonamides is 1. The summed E-state index contributed by atoms with van der Waals surface area (Å²) in [6.45, 7) is 1.58. The van der Waals surface area contributed by atoms with Crippen LogP contribution in [0.3, 0.4) is 0 Å². The number of hydrogen-bond donors (Lipinski definition) is 2. The van der Waals surface area contributed by atoms with Gasteiger partial charge in [0.1, 0.15) is 0 Å². The van der Waals surface area contributed by atoms with Gasteiger partial charge in [-0.25, -0.2) is 18.4 Å². The molecule has 1 heterocycles. The molecule has 0 bridgehead atoms. The fraction of sp³-hybridized carbons (Fsp3) is 0.889. The number of nitrogens with one attached hydrogen (secondary N) is 1. The third-order valence-corrected chi connectivity index (χ3v) is 3.33. The van der Waals surface area contributed by atoms with E-state index in [1.807, 2.05) is 0 Å². The lowest BCUT2D eigenvalue weighted by Crippen LogP contribution is -2.42. The summed E-state index contributed by atoms with van der Waals surface area (Å²) in [7, 11) is -3.49. The van der Waals surface area contributed by atoms with E-state index >= 15 is 0 Å². The van der Waals surface area contributed by atoms with Crippen molar-refractivity contribution < 1.29 is 13.2 Å². The number of rotatable bonds is 3. The molecule has 3 N–H and O–H groups in total. The number of likely N-dealkylation sites (tertiary alicyclic amines) is 1. The monoisotopic (exact) mass is 249 g/mol. The van der Waals surface area contributed by atoms with Crippen LogP contribution in [0.25, 0.3) is 0 Å². The molecule has 1 fully saturated rings. The number of sulfonamides is 1. The molecule has 0 spiro atoms.